The smallest absolute Gasteiger partial charge is 0.310 e. The Morgan fingerprint density at radius 1 is 1.07 bits per heavy atom. The predicted octanol–water partition coefficient (Wildman–Crippen LogP) is 1.17. The Morgan fingerprint density at radius 3 is 2.43 bits per heavy atom. The molecule has 2 amide bonds. The van der Waals surface area contributed by atoms with E-state index >= 15 is 0 Å². The van der Waals surface area contributed by atoms with Crippen molar-refractivity contribution in [1.29, 1.82) is 0 Å². The van der Waals surface area contributed by atoms with Gasteiger partial charge in [0.1, 0.15) is 6.04 Å². The molecule has 1 saturated carbocycles. The standard InChI is InChI=1S/C22H40N4O4/c1-2-30-22(29)18-6-5-13-26(15-18)21(28)19(7-3-4-12-23)25-20(27)17-10-8-16(14-24)9-11-17/h16-19H,2-15,23-24H2,1H3,(H,25,27)/t16?,17?,18?,19-/m0/s1. The number of carbonyl (C=O) groups excluding carboxylic acids is 3. The van der Waals surface area contributed by atoms with Crippen LogP contribution in [0.5, 0.6) is 0 Å². The van der Waals surface area contributed by atoms with Gasteiger partial charge in [-0.2, -0.15) is 0 Å². The third-order valence-electron chi connectivity index (χ3n) is 6.47. The van der Waals surface area contributed by atoms with E-state index in [2.05, 4.69) is 5.32 Å². The van der Waals surface area contributed by atoms with Gasteiger partial charge in [0.2, 0.25) is 11.8 Å². The summed E-state index contributed by atoms with van der Waals surface area (Å²) in [6, 6.07) is -0.558. The van der Waals surface area contributed by atoms with Crippen LogP contribution in [0.2, 0.25) is 0 Å². The first-order valence-electron chi connectivity index (χ1n) is 11.7. The minimum absolute atomic E-state index is 0.0319. The number of carbonyl (C=O) groups is 3. The molecule has 2 fully saturated rings. The number of likely N-dealkylation sites (tertiary alicyclic amines) is 1. The highest BCUT2D eigenvalue weighted by atomic mass is 16.5. The molecule has 0 aromatic rings. The lowest BCUT2D eigenvalue weighted by molar-refractivity contribution is -0.152. The van der Waals surface area contributed by atoms with Crippen molar-refractivity contribution in [2.24, 2.45) is 29.2 Å². The number of piperidine rings is 1. The molecule has 8 heteroatoms. The van der Waals surface area contributed by atoms with Gasteiger partial charge in [0.05, 0.1) is 12.5 Å². The lowest BCUT2D eigenvalue weighted by Gasteiger charge is -2.35. The van der Waals surface area contributed by atoms with Crippen molar-refractivity contribution in [2.75, 3.05) is 32.8 Å². The molecule has 172 valence electrons. The maximum atomic E-state index is 13.2. The van der Waals surface area contributed by atoms with Crippen molar-refractivity contribution in [1.82, 2.24) is 10.2 Å². The summed E-state index contributed by atoms with van der Waals surface area (Å²) in [5.41, 5.74) is 11.4. The summed E-state index contributed by atoms with van der Waals surface area (Å²) in [5, 5.41) is 3.03. The van der Waals surface area contributed by atoms with E-state index in [0.29, 0.717) is 45.1 Å². The van der Waals surface area contributed by atoms with Gasteiger partial charge in [-0.3, -0.25) is 14.4 Å². The van der Waals surface area contributed by atoms with E-state index in [1.807, 2.05) is 0 Å². The lowest BCUT2D eigenvalue weighted by atomic mass is 9.81. The Bertz CT molecular complexity index is 563. The van der Waals surface area contributed by atoms with Gasteiger partial charge in [0.15, 0.2) is 0 Å². The molecule has 1 heterocycles. The van der Waals surface area contributed by atoms with Crippen molar-refractivity contribution >= 4 is 17.8 Å². The fourth-order valence-corrected chi connectivity index (χ4v) is 4.55. The fourth-order valence-electron chi connectivity index (χ4n) is 4.55. The van der Waals surface area contributed by atoms with Crippen LogP contribution in [-0.2, 0) is 19.1 Å². The molecule has 30 heavy (non-hydrogen) atoms. The summed E-state index contributed by atoms with van der Waals surface area (Å²) in [6.07, 6.45) is 7.24. The quantitative estimate of drug-likeness (QED) is 0.357. The van der Waals surface area contributed by atoms with E-state index in [1.54, 1.807) is 11.8 Å². The molecule has 1 aliphatic heterocycles. The predicted molar refractivity (Wildman–Crippen MR) is 115 cm³/mol. The number of amides is 2. The first-order valence-corrected chi connectivity index (χ1v) is 11.7. The Balaban J connectivity index is 1.97. The van der Waals surface area contributed by atoms with E-state index in [-0.39, 0.29) is 29.6 Å². The van der Waals surface area contributed by atoms with Gasteiger partial charge in [-0.05, 0) is 83.7 Å². The molecular weight excluding hydrogens is 384 g/mol. The van der Waals surface area contributed by atoms with Gasteiger partial charge in [0, 0.05) is 19.0 Å². The highest BCUT2D eigenvalue weighted by Crippen LogP contribution is 2.28. The third-order valence-corrected chi connectivity index (χ3v) is 6.47. The second-order valence-electron chi connectivity index (χ2n) is 8.67. The molecule has 1 unspecified atom stereocenters. The molecule has 2 aliphatic rings. The number of nitrogens with two attached hydrogens (primary N) is 2. The number of ether oxygens (including phenoxy) is 1. The maximum absolute atomic E-state index is 13.2. The maximum Gasteiger partial charge on any atom is 0.310 e. The Kier molecular flexibility index (Phi) is 10.6. The minimum atomic E-state index is -0.558. The first-order chi connectivity index (χ1) is 14.5. The number of esters is 1. The van der Waals surface area contributed by atoms with Crippen molar-refractivity contribution in [3.05, 3.63) is 0 Å². The molecule has 1 aliphatic carbocycles. The normalized spacial score (nSPS) is 25.4. The van der Waals surface area contributed by atoms with Gasteiger partial charge < -0.3 is 26.4 Å². The van der Waals surface area contributed by atoms with Gasteiger partial charge in [0.25, 0.3) is 0 Å². The lowest BCUT2D eigenvalue weighted by Crippen LogP contribution is -2.53. The molecule has 0 spiro atoms. The van der Waals surface area contributed by atoms with Crippen molar-refractivity contribution in [2.45, 2.75) is 70.8 Å². The van der Waals surface area contributed by atoms with Crippen LogP contribution in [0.15, 0.2) is 0 Å². The van der Waals surface area contributed by atoms with E-state index in [4.69, 9.17) is 16.2 Å². The Morgan fingerprint density at radius 2 is 1.80 bits per heavy atom. The van der Waals surface area contributed by atoms with Crippen LogP contribution < -0.4 is 16.8 Å². The van der Waals surface area contributed by atoms with Crippen LogP contribution in [-0.4, -0.2) is 61.5 Å². The van der Waals surface area contributed by atoms with Crippen LogP contribution in [0.1, 0.15) is 64.7 Å². The summed E-state index contributed by atoms with van der Waals surface area (Å²) >= 11 is 0. The van der Waals surface area contributed by atoms with Gasteiger partial charge in [-0.1, -0.05) is 0 Å². The largest absolute Gasteiger partial charge is 0.466 e. The molecule has 0 radical (unpaired) electrons. The van der Waals surface area contributed by atoms with Crippen LogP contribution in [0.25, 0.3) is 0 Å². The molecule has 0 aromatic carbocycles. The third kappa shape index (κ3) is 7.23. The van der Waals surface area contributed by atoms with Gasteiger partial charge in [-0.25, -0.2) is 0 Å². The molecule has 2 atom stereocenters. The summed E-state index contributed by atoms with van der Waals surface area (Å²) in [4.78, 5) is 40.0. The molecular formula is C22H40N4O4. The summed E-state index contributed by atoms with van der Waals surface area (Å²) < 4.78 is 5.14. The molecule has 8 nitrogen and oxygen atoms in total. The number of nitrogens with zero attached hydrogens (tertiary/aromatic N) is 1. The van der Waals surface area contributed by atoms with Crippen molar-refractivity contribution in [3.8, 4) is 0 Å². The zero-order chi connectivity index (χ0) is 21.9. The van der Waals surface area contributed by atoms with Crippen molar-refractivity contribution < 1.29 is 19.1 Å². The van der Waals surface area contributed by atoms with E-state index in [9.17, 15) is 14.4 Å². The molecule has 2 rings (SSSR count). The zero-order valence-electron chi connectivity index (χ0n) is 18.4. The second-order valence-corrected chi connectivity index (χ2v) is 8.67. The molecule has 5 N–H and O–H groups in total. The number of hydrogen-bond acceptors (Lipinski definition) is 6. The summed E-state index contributed by atoms with van der Waals surface area (Å²) in [5.74, 6) is -0.194. The first kappa shape index (κ1) is 24.6. The summed E-state index contributed by atoms with van der Waals surface area (Å²) in [7, 11) is 0. The Hall–Kier alpha value is -1.67. The van der Waals surface area contributed by atoms with Gasteiger partial charge >= 0.3 is 5.97 Å². The topological polar surface area (TPSA) is 128 Å². The van der Waals surface area contributed by atoms with Gasteiger partial charge in [-0.15, -0.1) is 0 Å². The number of unbranched alkanes of at least 4 members (excludes halogenated alkanes) is 1. The number of rotatable bonds is 10. The van der Waals surface area contributed by atoms with Crippen molar-refractivity contribution in [3.63, 3.8) is 0 Å². The summed E-state index contributed by atoms with van der Waals surface area (Å²) in [6.45, 7) is 4.33. The van der Waals surface area contributed by atoms with E-state index in [1.165, 1.54) is 0 Å². The highest BCUT2D eigenvalue weighted by Gasteiger charge is 2.34. The molecule has 0 aromatic heterocycles. The molecule has 1 saturated heterocycles. The minimum Gasteiger partial charge on any atom is -0.466 e. The average molecular weight is 425 g/mol. The highest BCUT2D eigenvalue weighted by molar-refractivity contribution is 5.89. The fraction of sp³-hybridized carbons (Fsp3) is 0.864. The van der Waals surface area contributed by atoms with E-state index in [0.717, 1.165) is 51.4 Å². The SMILES string of the molecule is CCOC(=O)C1CCCN(C(=O)[C@H](CCCCN)NC(=O)C2CCC(CN)CC2)C1. The Labute approximate surface area is 180 Å². The van der Waals surface area contributed by atoms with Crippen LogP contribution in [0.3, 0.4) is 0 Å². The van der Waals surface area contributed by atoms with Crippen LogP contribution >= 0.6 is 0 Å². The average Bonchev–Trinajstić information content (AvgIpc) is 2.78. The number of hydrogen-bond donors (Lipinski definition) is 3. The molecule has 0 bridgehead atoms. The van der Waals surface area contributed by atoms with Crippen LogP contribution in [0.4, 0.5) is 0 Å². The van der Waals surface area contributed by atoms with E-state index < -0.39 is 6.04 Å². The zero-order valence-corrected chi connectivity index (χ0v) is 18.4. The second kappa shape index (κ2) is 12.9. The number of nitrogens with one attached hydrogen (secondary N) is 1. The monoisotopic (exact) mass is 424 g/mol. The van der Waals surface area contributed by atoms with Crippen LogP contribution in [0, 0.1) is 17.8 Å².